The predicted molar refractivity (Wildman–Crippen MR) is 86.1 cm³/mol. The summed E-state index contributed by atoms with van der Waals surface area (Å²) < 4.78 is 0. The Balaban J connectivity index is 1.78. The molecule has 3 aliphatic heterocycles. The van der Waals surface area contributed by atoms with Crippen LogP contribution in [0.4, 0.5) is 0 Å². The van der Waals surface area contributed by atoms with Gasteiger partial charge in [-0.1, -0.05) is 42.7 Å². The van der Waals surface area contributed by atoms with Gasteiger partial charge in [0.1, 0.15) is 0 Å². The van der Waals surface area contributed by atoms with E-state index in [4.69, 9.17) is 6.42 Å². The Hall–Kier alpha value is -2.12. The summed E-state index contributed by atoms with van der Waals surface area (Å²) in [6, 6.07) is 10.3. The number of likely N-dealkylation sites (tertiary alicyclic amines) is 1. The van der Waals surface area contributed by atoms with Gasteiger partial charge in [0.05, 0.1) is 18.4 Å². The molecule has 0 unspecified atom stereocenters. The minimum Gasteiger partial charge on any atom is -0.292 e. The van der Waals surface area contributed by atoms with E-state index in [2.05, 4.69) is 23.0 Å². The molecule has 4 nitrogen and oxygen atoms in total. The smallest absolute Gasteiger partial charge is 0.235 e. The van der Waals surface area contributed by atoms with Crippen LogP contribution < -0.4 is 0 Å². The number of fused-ring (bicyclic) bond motifs is 3. The van der Waals surface area contributed by atoms with Crippen molar-refractivity contribution in [1.82, 2.24) is 9.80 Å². The van der Waals surface area contributed by atoms with E-state index in [1.807, 2.05) is 18.2 Å². The van der Waals surface area contributed by atoms with Crippen molar-refractivity contribution in [3.63, 3.8) is 0 Å². The summed E-state index contributed by atoms with van der Waals surface area (Å²) in [6.45, 7) is 1.06. The number of imide groups is 1. The third kappa shape index (κ3) is 2.04. The molecule has 4 heteroatoms. The van der Waals surface area contributed by atoms with Crippen LogP contribution in [-0.4, -0.2) is 40.7 Å². The first-order valence-electron chi connectivity index (χ1n) is 8.33. The summed E-state index contributed by atoms with van der Waals surface area (Å²) in [5, 5.41) is 0. The van der Waals surface area contributed by atoms with Crippen LogP contribution in [0.3, 0.4) is 0 Å². The summed E-state index contributed by atoms with van der Waals surface area (Å²) >= 11 is 0. The van der Waals surface area contributed by atoms with Crippen molar-refractivity contribution in [2.75, 3.05) is 13.1 Å². The van der Waals surface area contributed by atoms with Gasteiger partial charge < -0.3 is 0 Å². The quantitative estimate of drug-likeness (QED) is 0.618. The van der Waals surface area contributed by atoms with Crippen molar-refractivity contribution in [2.45, 2.75) is 31.3 Å². The molecule has 3 heterocycles. The van der Waals surface area contributed by atoms with E-state index in [1.165, 1.54) is 4.90 Å². The molecule has 2 amide bonds. The molecule has 0 bridgehead atoms. The monoisotopic (exact) mass is 308 g/mol. The molecule has 118 valence electrons. The first kappa shape index (κ1) is 14.5. The van der Waals surface area contributed by atoms with Gasteiger partial charge in [-0.3, -0.25) is 19.4 Å². The third-order valence-electron chi connectivity index (χ3n) is 5.58. The van der Waals surface area contributed by atoms with Crippen LogP contribution in [-0.2, 0) is 9.59 Å². The lowest BCUT2D eigenvalue weighted by molar-refractivity contribution is -0.141. The molecule has 0 N–H and O–H groups in total. The molecule has 4 rings (SSSR count). The van der Waals surface area contributed by atoms with Crippen molar-refractivity contribution in [3.8, 4) is 12.3 Å². The van der Waals surface area contributed by atoms with E-state index < -0.39 is 0 Å². The van der Waals surface area contributed by atoms with Crippen LogP contribution in [0.2, 0.25) is 0 Å². The van der Waals surface area contributed by atoms with Crippen LogP contribution >= 0.6 is 0 Å². The van der Waals surface area contributed by atoms with Gasteiger partial charge in [0.25, 0.3) is 0 Å². The summed E-state index contributed by atoms with van der Waals surface area (Å²) in [5.74, 6) is 1.82. The number of benzene rings is 1. The maximum Gasteiger partial charge on any atom is 0.235 e. The summed E-state index contributed by atoms with van der Waals surface area (Å²) in [7, 11) is 0. The minimum atomic E-state index is -0.277. The van der Waals surface area contributed by atoms with Crippen LogP contribution in [0.1, 0.15) is 30.9 Å². The predicted octanol–water partition coefficient (Wildman–Crippen LogP) is 1.83. The van der Waals surface area contributed by atoms with Gasteiger partial charge in [-0.25, -0.2) is 0 Å². The Morgan fingerprint density at radius 2 is 1.83 bits per heavy atom. The van der Waals surface area contributed by atoms with Gasteiger partial charge >= 0.3 is 0 Å². The highest BCUT2D eigenvalue weighted by Crippen LogP contribution is 2.52. The van der Waals surface area contributed by atoms with Crippen LogP contribution in [0.5, 0.6) is 0 Å². The molecular formula is C19H20N2O2. The first-order valence-corrected chi connectivity index (χ1v) is 8.33. The van der Waals surface area contributed by atoms with E-state index in [-0.39, 0.29) is 42.3 Å². The molecular weight excluding hydrogens is 288 g/mol. The number of terminal acetylenes is 1. The Morgan fingerprint density at radius 1 is 1.09 bits per heavy atom. The van der Waals surface area contributed by atoms with E-state index in [0.717, 1.165) is 31.4 Å². The van der Waals surface area contributed by atoms with Crippen LogP contribution in [0.15, 0.2) is 30.3 Å². The number of nitrogens with zero attached hydrogens (tertiary/aromatic N) is 2. The van der Waals surface area contributed by atoms with Gasteiger partial charge in [0.15, 0.2) is 0 Å². The maximum absolute atomic E-state index is 12.9. The first-order chi connectivity index (χ1) is 11.2. The molecule has 1 aromatic carbocycles. The molecule has 0 radical (unpaired) electrons. The molecule has 23 heavy (non-hydrogen) atoms. The van der Waals surface area contributed by atoms with Crippen molar-refractivity contribution >= 4 is 11.8 Å². The van der Waals surface area contributed by atoms with E-state index in [0.29, 0.717) is 0 Å². The molecule has 3 fully saturated rings. The molecule has 4 atom stereocenters. The van der Waals surface area contributed by atoms with Gasteiger partial charge in [-0.05, 0) is 24.9 Å². The number of rotatable bonds is 2. The maximum atomic E-state index is 12.9. The molecule has 1 aromatic rings. The third-order valence-corrected chi connectivity index (χ3v) is 5.58. The number of carbonyl (C=O) groups is 2. The lowest BCUT2D eigenvalue weighted by Gasteiger charge is -2.36. The summed E-state index contributed by atoms with van der Waals surface area (Å²) in [4.78, 5) is 29.4. The molecule has 0 aliphatic carbocycles. The highest BCUT2D eigenvalue weighted by atomic mass is 16.2. The standard InChI is InChI=1S/C19H20N2O2/c1-2-11-21-18(22)15-14-10-6-7-12-20(14)17(16(15)19(21)23)13-8-4-3-5-9-13/h1,3-5,8-9,14-17H,6-7,10-12H2/t14-,15-,16-,17-/m1/s1. The zero-order chi connectivity index (χ0) is 16.0. The Kier molecular flexibility index (Phi) is 3.46. The van der Waals surface area contributed by atoms with Gasteiger partial charge in [0.2, 0.25) is 11.8 Å². The molecule has 0 aromatic heterocycles. The fraction of sp³-hybridized carbons (Fsp3) is 0.474. The highest BCUT2D eigenvalue weighted by Gasteiger charge is 2.61. The Morgan fingerprint density at radius 3 is 2.57 bits per heavy atom. The van der Waals surface area contributed by atoms with E-state index >= 15 is 0 Å². The Labute approximate surface area is 136 Å². The average Bonchev–Trinajstić information content (AvgIpc) is 3.05. The molecule has 0 spiro atoms. The van der Waals surface area contributed by atoms with Crippen molar-refractivity contribution in [3.05, 3.63) is 35.9 Å². The van der Waals surface area contributed by atoms with Gasteiger partial charge in [0, 0.05) is 12.1 Å². The second kappa shape index (κ2) is 5.50. The number of hydrogen-bond acceptors (Lipinski definition) is 3. The van der Waals surface area contributed by atoms with Crippen molar-refractivity contribution in [2.24, 2.45) is 11.8 Å². The SMILES string of the molecule is C#CCN1C(=O)[C@@H]2[C@H](C1=O)[C@H]1CCCCN1[C@@H]2c1ccccc1. The van der Waals surface area contributed by atoms with Crippen molar-refractivity contribution in [1.29, 1.82) is 0 Å². The average molecular weight is 308 g/mol. The molecule has 3 aliphatic rings. The summed E-state index contributed by atoms with van der Waals surface area (Å²) in [6.07, 6.45) is 8.61. The fourth-order valence-corrected chi connectivity index (χ4v) is 4.72. The normalized spacial score (nSPS) is 33.4. The van der Waals surface area contributed by atoms with E-state index in [1.54, 1.807) is 0 Å². The largest absolute Gasteiger partial charge is 0.292 e. The van der Waals surface area contributed by atoms with Crippen molar-refractivity contribution < 1.29 is 9.59 Å². The van der Waals surface area contributed by atoms with Gasteiger partial charge in [-0.15, -0.1) is 6.42 Å². The summed E-state index contributed by atoms with van der Waals surface area (Å²) in [5.41, 5.74) is 1.13. The number of carbonyl (C=O) groups excluding carboxylic acids is 2. The highest BCUT2D eigenvalue weighted by molar-refractivity contribution is 6.06. The topological polar surface area (TPSA) is 40.6 Å². The lowest BCUT2D eigenvalue weighted by Crippen LogP contribution is -2.44. The minimum absolute atomic E-state index is 0.00530. The number of hydrogen-bond donors (Lipinski definition) is 0. The van der Waals surface area contributed by atoms with E-state index in [9.17, 15) is 9.59 Å². The lowest BCUT2D eigenvalue weighted by atomic mass is 9.85. The second-order valence-electron chi connectivity index (χ2n) is 6.67. The molecule has 3 saturated heterocycles. The zero-order valence-corrected chi connectivity index (χ0v) is 13.0. The fourth-order valence-electron chi connectivity index (χ4n) is 4.72. The Bertz CT molecular complexity index is 678. The second-order valence-corrected chi connectivity index (χ2v) is 6.67. The van der Waals surface area contributed by atoms with Crippen LogP contribution in [0, 0.1) is 24.2 Å². The zero-order valence-electron chi connectivity index (χ0n) is 13.0. The van der Waals surface area contributed by atoms with Crippen LogP contribution in [0.25, 0.3) is 0 Å². The van der Waals surface area contributed by atoms with Gasteiger partial charge in [-0.2, -0.15) is 0 Å². The molecule has 0 saturated carbocycles. The number of amides is 2. The number of piperidine rings is 1.